The fourth-order valence-corrected chi connectivity index (χ4v) is 1.03. The van der Waals surface area contributed by atoms with Gasteiger partial charge in [0.05, 0.1) is 17.4 Å². The maximum absolute atomic E-state index is 12.3. The van der Waals surface area contributed by atoms with E-state index in [9.17, 15) is 13.2 Å². The Bertz CT molecular complexity index is 429. The van der Waals surface area contributed by atoms with Crippen LogP contribution in [0.15, 0.2) is 30.5 Å². The molecule has 0 atom stereocenters. The summed E-state index contributed by atoms with van der Waals surface area (Å²) in [4.78, 5) is 0. The Morgan fingerprint density at radius 3 is 2.53 bits per heavy atom. The third-order valence-corrected chi connectivity index (χ3v) is 1.75. The van der Waals surface area contributed by atoms with Crippen LogP contribution in [0.25, 0.3) is 5.57 Å². The lowest BCUT2D eigenvalue weighted by Crippen LogP contribution is -2.04. The molecule has 78 valence electrons. The third-order valence-electron chi connectivity index (χ3n) is 1.75. The number of aliphatic hydroxyl groups is 1. The summed E-state index contributed by atoms with van der Waals surface area (Å²) < 4.78 is 36.8. The van der Waals surface area contributed by atoms with Gasteiger partial charge in [0.25, 0.3) is 0 Å². The fraction of sp³-hybridized carbons (Fsp3) is 0.100. The first-order chi connectivity index (χ1) is 6.99. The zero-order valence-corrected chi connectivity index (χ0v) is 7.42. The van der Waals surface area contributed by atoms with E-state index in [0.29, 0.717) is 6.26 Å². The van der Waals surface area contributed by atoms with Crippen LogP contribution in [0.4, 0.5) is 13.2 Å². The SMILES string of the molecule is N#C/C(=C/O)c1cccc(C(F)(F)F)c1. The van der Waals surface area contributed by atoms with E-state index in [1.807, 2.05) is 0 Å². The summed E-state index contributed by atoms with van der Waals surface area (Å²) in [5.41, 5.74) is -1.02. The van der Waals surface area contributed by atoms with Crippen LogP contribution in [0.2, 0.25) is 0 Å². The predicted molar refractivity (Wildman–Crippen MR) is 47.7 cm³/mol. The van der Waals surface area contributed by atoms with Crippen molar-refractivity contribution in [3.8, 4) is 6.07 Å². The van der Waals surface area contributed by atoms with Crippen molar-refractivity contribution in [2.24, 2.45) is 0 Å². The van der Waals surface area contributed by atoms with Gasteiger partial charge >= 0.3 is 6.18 Å². The summed E-state index contributed by atoms with van der Waals surface area (Å²) in [6, 6.07) is 5.80. The first-order valence-electron chi connectivity index (χ1n) is 3.91. The molecule has 0 amide bonds. The van der Waals surface area contributed by atoms with Gasteiger partial charge in [0.15, 0.2) is 0 Å². The number of hydrogen-bond donors (Lipinski definition) is 1. The molecule has 0 saturated heterocycles. The third kappa shape index (κ3) is 2.50. The van der Waals surface area contributed by atoms with Gasteiger partial charge in [0, 0.05) is 0 Å². The van der Waals surface area contributed by atoms with E-state index in [-0.39, 0.29) is 11.1 Å². The van der Waals surface area contributed by atoms with Crippen LogP contribution in [0.5, 0.6) is 0 Å². The number of alkyl halides is 3. The highest BCUT2D eigenvalue weighted by atomic mass is 19.4. The smallest absolute Gasteiger partial charge is 0.416 e. The topological polar surface area (TPSA) is 44.0 Å². The Labute approximate surface area is 83.9 Å². The van der Waals surface area contributed by atoms with Crippen LogP contribution in [0.1, 0.15) is 11.1 Å². The number of hydrogen-bond acceptors (Lipinski definition) is 2. The van der Waals surface area contributed by atoms with E-state index in [2.05, 4.69) is 0 Å². The van der Waals surface area contributed by atoms with E-state index >= 15 is 0 Å². The second-order valence-corrected chi connectivity index (χ2v) is 2.73. The summed E-state index contributed by atoms with van der Waals surface area (Å²) in [5, 5.41) is 17.1. The molecule has 0 saturated carbocycles. The van der Waals surface area contributed by atoms with Crippen molar-refractivity contribution in [3.05, 3.63) is 41.7 Å². The molecule has 0 heterocycles. The van der Waals surface area contributed by atoms with Crippen molar-refractivity contribution in [3.63, 3.8) is 0 Å². The molecule has 0 aliphatic rings. The largest absolute Gasteiger partial charge is 0.514 e. The number of rotatable bonds is 1. The Balaban J connectivity index is 3.21. The van der Waals surface area contributed by atoms with E-state index in [0.717, 1.165) is 12.1 Å². The van der Waals surface area contributed by atoms with Crippen LogP contribution >= 0.6 is 0 Å². The normalized spacial score (nSPS) is 12.3. The minimum Gasteiger partial charge on any atom is -0.514 e. The Hall–Kier alpha value is -1.96. The van der Waals surface area contributed by atoms with Crippen LogP contribution in [0, 0.1) is 11.3 Å². The second kappa shape index (κ2) is 4.05. The maximum atomic E-state index is 12.3. The second-order valence-electron chi connectivity index (χ2n) is 2.73. The van der Waals surface area contributed by atoms with Gasteiger partial charge in [-0.1, -0.05) is 12.1 Å². The van der Waals surface area contributed by atoms with Crippen LogP contribution < -0.4 is 0 Å². The van der Waals surface area contributed by atoms with Crippen LogP contribution in [-0.4, -0.2) is 5.11 Å². The Kier molecular flexibility index (Phi) is 3.00. The van der Waals surface area contributed by atoms with E-state index < -0.39 is 11.7 Å². The molecule has 0 spiro atoms. The quantitative estimate of drug-likeness (QED) is 0.575. The van der Waals surface area contributed by atoms with Gasteiger partial charge < -0.3 is 5.11 Å². The Morgan fingerprint density at radius 2 is 2.07 bits per heavy atom. The predicted octanol–water partition coefficient (Wildman–Crippen LogP) is 3.13. The van der Waals surface area contributed by atoms with Gasteiger partial charge in [-0.3, -0.25) is 0 Å². The highest BCUT2D eigenvalue weighted by Crippen LogP contribution is 2.30. The van der Waals surface area contributed by atoms with Crippen molar-refractivity contribution in [1.82, 2.24) is 0 Å². The summed E-state index contributed by atoms with van der Waals surface area (Å²) in [6.07, 6.45) is -3.97. The summed E-state index contributed by atoms with van der Waals surface area (Å²) in [6.45, 7) is 0. The lowest BCUT2D eigenvalue weighted by molar-refractivity contribution is -0.137. The molecule has 0 aliphatic heterocycles. The van der Waals surface area contributed by atoms with Crippen molar-refractivity contribution < 1.29 is 18.3 Å². The van der Waals surface area contributed by atoms with Crippen molar-refractivity contribution >= 4 is 5.57 Å². The van der Waals surface area contributed by atoms with Gasteiger partial charge in [-0.25, -0.2) is 0 Å². The molecule has 2 nitrogen and oxygen atoms in total. The molecule has 0 radical (unpaired) electrons. The van der Waals surface area contributed by atoms with E-state index in [4.69, 9.17) is 10.4 Å². The molecule has 0 aromatic heterocycles. The lowest BCUT2D eigenvalue weighted by Gasteiger charge is -2.07. The highest BCUT2D eigenvalue weighted by Gasteiger charge is 2.30. The molecule has 5 heteroatoms. The molecular weight excluding hydrogens is 207 g/mol. The van der Waals surface area contributed by atoms with E-state index in [1.165, 1.54) is 12.1 Å². The van der Waals surface area contributed by atoms with Crippen molar-refractivity contribution in [1.29, 1.82) is 5.26 Å². The maximum Gasteiger partial charge on any atom is 0.416 e. The number of allylic oxidation sites excluding steroid dienone is 1. The molecular formula is C10H6F3NO. The molecule has 0 unspecified atom stereocenters. The summed E-state index contributed by atoms with van der Waals surface area (Å²) in [5.74, 6) is 0. The minimum atomic E-state index is -4.45. The number of nitrogens with zero attached hydrogens (tertiary/aromatic N) is 1. The molecule has 1 N–H and O–H groups in total. The minimum absolute atomic E-state index is 0.0369. The average molecular weight is 213 g/mol. The van der Waals surface area contributed by atoms with Crippen LogP contribution in [-0.2, 0) is 6.18 Å². The molecule has 1 rings (SSSR count). The lowest BCUT2D eigenvalue weighted by atomic mass is 10.1. The standard InChI is InChI=1S/C10H6F3NO/c11-10(12,13)9-3-1-2-7(4-9)8(5-14)6-15/h1-4,6,15H/b8-6-. The van der Waals surface area contributed by atoms with E-state index in [1.54, 1.807) is 6.07 Å². The number of benzene rings is 1. The van der Waals surface area contributed by atoms with Gasteiger partial charge in [-0.15, -0.1) is 0 Å². The summed E-state index contributed by atoms with van der Waals surface area (Å²) >= 11 is 0. The number of halogens is 3. The molecule has 1 aromatic rings. The van der Waals surface area contributed by atoms with Gasteiger partial charge in [0.1, 0.15) is 6.07 Å². The molecule has 1 aromatic carbocycles. The number of aliphatic hydroxyl groups excluding tert-OH is 1. The summed E-state index contributed by atoms with van der Waals surface area (Å²) in [7, 11) is 0. The van der Waals surface area contributed by atoms with Gasteiger partial charge in [0.2, 0.25) is 0 Å². The van der Waals surface area contributed by atoms with Gasteiger partial charge in [-0.05, 0) is 17.7 Å². The monoisotopic (exact) mass is 213 g/mol. The fourth-order valence-electron chi connectivity index (χ4n) is 1.03. The average Bonchev–Trinajstić information content (AvgIpc) is 2.19. The number of nitriles is 1. The molecule has 0 fully saturated rings. The van der Waals surface area contributed by atoms with Gasteiger partial charge in [-0.2, -0.15) is 18.4 Å². The highest BCUT2D eigenvalue weighted by molar-refractivity contribution is 5.76. The first-order valence-corrected chi connectivity index (χ1v) is 3.91. The molecule has 15 heavy (non-hydrogen) atoms. The zero-order valence-electron chi connectivity index (χ0n) is 7.42. The zero-order chi connectivity index (χ0) is 11.5. The molecule has 0 aliphatic carbocycles. The van der Waals surface area contributed by atoms with Crippen LogP contribution in [0.3, 0.4) is 0 Å². The van der Waals surface area contributed by atoms with Crippen molar-refractivity contribution in [2.45, 2.75) is 6.18 Å². The van der Waals surface area contributed by atoms with Crippen molar-refractivity contribution in [2.75, 3.05) is 0 Å². The molecule has 0 bridgehead atoms. The Morgan fingerprint density at radius 1 is 1.40 bits per heavy atom. The first kappa shape index (κ1) is 11.1.